The second kappa shape index (κ2) is 12.4. The number of piperidine rings is 1. The second-order valence-corrected chi connectivity index (χ2v) is 20.3. The highest BCUT2D eigenvalue weighted by atomic mass is 35.5. The molecule has 1 fully saturated rings. The van der Waals surface area contributed by atoms with Crippen LogP contribution in [0.3, 0.4) is 0 Å². The summed E-state index contributed by atoms with van der Waals surface area (Å²) in [6.07, 6.45) is -0.0228. The van der Waals surface area contributed by atoms with E-state index in [1.807, 2.05) is 18.2 Å². The maximum absolute atomic E-state index is 15.1. The quantitative estimate of drug-likeness (QED) is 0.125. The molecule has 2 aromatic rings. The molecule has 43 heavy (non-hydrogen) atoms. The number of nitrogens with zero attached hydrogens (tertiary/aromatic N) is 2. The Morgan fingerprint density at radius 1 is 1.09 bits per heavy atom. The number of fused-ring (bicyclic) bond motifs is 2. The van der Waals surface area contributed by atoms with Crippen molar-refractivity contribution in [3.8, 4) is 0 Å². The molecule has 4 rings (SSSR count). The number of anilines is 1. The summed E-state index contributed by atoms with van der Waals surface area (Å²) in [4.78, 5) is 45.3. The first-order valence-electron chi connectivity index (χ1n) is 14.6. The SMILES string of the molecule is C=C(C)[C@H]1N(CC(=O)OC(C)(C)C)C(=O)C[C@@H](c2cccc(Cl)c2)[C@]12C(=O)N(COCC[Si](C)(C)C)c1cc(Cl)ccc12. The summed E-state index contributed by atoms with van der Waals surface area (Å²) in [5.41, 5.74) is 0.575. The molecule has 0 bridgehead atoms. The van der Waals surface area contributed by atoms with Crippen molar-refractivity contribution in [3.05, 3.63) is 75.8 Å². The molecule has 2 aliphatic heterocycles. The second-order valence-electron chi connectivity index (χ2n) is 13.8. The number of hydrogen-bond acceptors (Lipinski definition) is 5. The Balaban J connectivity index is 1.90. The molecule has 0 N–H and O–H groups in total. The Hall–Kier alpha value is -2.65. The molecule has 2 amide bonds. The largest absolute Gasteiger partial charge is 0.459 e. The highest BCUT2D eigenvalue weighted by molar-refractivity contribution is 6.76. The number of rotatable bonds is 9. The van der Waals surface area contributed by atoms with Crippen molar-refractivity contribution < 1.29 is 23.9 Å². The van der Waals surface area contributed by atoms with Crippen LogP contribution in [0.25, 0.3) is 0 Å². The summed E-state index contributed by atoms with van der Waals surface area (Å²) in [5, 5.41) is 0.968. The lowest BCUT2D eigenvalue weighted by molar-refractivity contribution is -0.163. The Labute approximate surface area is 266 Å². The van der Waals surface area contributed by atoms with Crippen molar-refractivity contribution >= 4 is 54.7 Å². The number of carbonyl (C=O) groups excluding carboxylic acids is 3. The maximum Gasteiger partial charge on any atom is 0.326 e. The standard InChI is InChI=1S/C33H42Cl2N2O5Si/c1-21(2)30-33(25-13-12-24(35)17-27(25)37(31(33)40)20-41-14-15-43(6,7)8)26(22-10-9-11-23(34)16-22)18-28(38)36(30)19-29(39)42-32(3,4)5/h9-13,16-17,26,30H,1,14-15,18-20H2,2-8H3/t26-,30+,33-/m0/s1. The van der Waals surface area contributed by atoms with E-state index in [2.05, 4.69) is 26.2 Å². The third-order valence-electron chi connectivity index (χ3n) is 7.94. The van der Waals surface area contributed by atoms with Gasteiger partial charge in [0.05, 0.1) is 11.7 Å². The van der Waals surface area contributed by atoms with E-state index in [0.717, 1.165) is 11.6 Å². The number of amides is 2. The Morgan fingerprint density at radius 3 is 2.37 bits per heavy atom. The van der Waals surface area contributed by atoms with Crippen LogP contribution in [0.15, 0.2) is 54.6 Å². The van der Waals surface area contributed by atoms with Crippen molar-refractivity contribution in [3.63, 3.8) is 0 Å². The molecule has 232 valence electrons. The lowest BCUT2D eigenvalue weighted by Gasteiger charge is -2.51. The average Bonchev–Trinajstić information content (AvgIpc) is 3.09. The first-order valence-corrected chi connectivity index (χ1v) is 19.0. The smallest absolute Gasteiger partial charge is 0.326 e. The maximum atomic E-state index is 15.1. The van der Waals surface area contributed by atoms with E-state index in [1.54, 1.807) is 56.9 Å². The third-order valence-corrected chi connectivity index (χ3v) is 10.1. The summed E-state index contributed by atoms with van der Waals surface area (Å²) in [7, 11) is -1.37. The van der Waals surface area contributed by atoms with E-state index in [0.29, 0.717) is 33.5 Å². The van der Waals surface area contributed by atoms with E-state index >= 15 is 4.79 Å². The van der Waals surface area contributed by atoms with E-state index in [1.165, 1.54) is 4.90 Å². The van der Waals surface area contributed by atoms with Crippen molar-refractivity contribution in [1.29, 1.82) is 0 Å². The van der Waals surface area contributed by atoms with Crippen LogP contribution in [-0.4, -0.2) is 62.3 Å². The van der Waals surface area contributed by atoms with Crippen molar-refractivity contribution in [2.45, 2.75) is 82.8 Å². The minimum atomic E-state index is -1.37. The molecule has 7 nitrogen and oxygen atoms in total. The van der Waals surface area contributed by atoms with E-state index in [9.17, 15) is 9.59 Å². The molecule has 0 radical (unpaired) electrons. The number of benzene rings is 2. The molecule has 1 spiro atoms. The van der Waals surface area contributed by atoms with Gasteiger partial charge in [-0.15, -0.1) is 0 Å². The molecule has 0 aliphatic carbocycles. The van der Waals surface area contributed by atoms with Crippen LogP contribution in [0, 0.1) is 0 Å². The van der Waals surface area contributed by atoms with Crippen LogP contribution in [-0.2, 0) is 29.3 Å². The van der Waals surface area contributed by atoms with Crippen molar-refractivity contribution in [2.24, 2.45) is 0 Å². The Kier molecular flexibility index (Phi) is 9.58. The minimum Gasteiger partial charge on any atom is -0.459 e. The predicted molar refractivity (Wildman–Crippen MR) is 175 cm³/mol. The van der Waals surface area contributed by atoms with E-state index in [-0.39, 0.29) is 31.5 Å². The first kappa shape index (κ1) is 33.2. The highest BCUT2D eigenvalue weighted by Gasteiger charge is 2.65. The van der Waals surface area contributed by atoms with Crippen LogP contribution < -0.4 is 4.90 Å². The van der Waals surface area contributed by atoms with Gasteiger partial charge in [-0.1, -0.05) is 73.2 Å². The normalized spacial score (nSPS) is 22.3. The van der Waals surface area contributed by atoms with Gasteiger partial charge >= 0.3 is 5.97 Å². The molecule has 0 saturated carbocycles. The molecule has 2 aliphatic rings. The molecule has 1 saturated heterocycles. The number of carbonyl (C=O) groups is 3. The Morgan fingerprint density at radius 2 is 1.77 bits per heavy atom. The van der Waals surface area contributed by atoms with Crippen molar-refractivity contribution in [2.75, 3.05) is 24.8 Å². The van der Waals surface area contributed by atoms with Gasteiger partial charge in [-0.05, 0) is 69.1 Å². The van der Waals surface area contributed by atoms with Crippen LogP contribution >= 0.6 is 23.2 Å². The average molecular weight is 646 g/mol. The van der Waals surface area contributed by atoms with Crippen LogP contribution in [0.2, 0.25) is 35.7 Å². The fraction of sp³-hybridized carbons (Fsp3) is 0.485. The summed E-state index contributed by atoms with van der Waals surface area (Å²) in [5.74, 6) is -1.67. The molecule has 0 unspecified atom stereocenters. The van der Waals surface area contributed by atoms with Gasteiger partial charge in [0.15, 0.2) is 0 Å². The van der Waals surface area contributed by atoms with Crippen LogP contribution in [0.4, 0.5) is 5.69 Å². The zero-order chi connectivity index (χ0) is 31.9. The summed E-state index contributed by atoms with van der Waals surface area (Å²) in [6.45, 7) is 18.4. The van der Waals surface area contributed by atoms with Gasteiger partial charge in [-0.2, -0.15) is 0 Å². The van der Waals surface area contributed by atoms with Gasteiger partial charge in [0.25, 0.3) is 0 Å². The lowest BCUT2D eigenvalue weighted by Crippen LogP contribution is -2.65. The third kappa shape index (κ3) is 6.87. The first-order chi connectivity index (χ1) is 20.0. The monoisotopic (exact) mass is 644 g/mol. The zero-order valence-electron chi connectivity index (χ0n) is 26.1. The Bertz CT molecular complexity index is 1430. The van der Waals surface area contributed by atoms with Gasteiger partial charge < -0.3 is 14.4 Å². The number of likely N-dealkylation sites (tertiary alicyclic amines) is 1. The number of halogens is 2. The molecule has 2 heterocycles. The molecule has 0 aromatic heterocycles. The molecule has 10 heteroatoms. The molecule has 3 atom stereocenters. The topological polar surface area (TPSA) is 76.2 Å². The summed E-state index contributed by atoms with van der Waals surface area (Å²) < 4.78 is 11.7. The van der Waals surface area contributed by atoms with Crippen LogP contribution in [0.5, 0.6) is 0 Å². The predicted octanol–water partition coefficient (Wildman–Crippen LogP) is 7.19. The summed E-state index contributed by atoms with van der Waals surface area (Å²) in [6, 6.07) is 12.7. The van der Waals surface area contributed by atoms with Gasteiger partial charge in [0.1, 0.15) is 24.3 Å². The van der Waals surface area contributed by atoms with Gasteiger partial charge in [-0.3, -0.25) is 19.3 Å². The highest BCUT2D eigenvalue weighted by Crippen LogP contribution is 2.58. The number of hydrogen-bond donors (Lipinski definition) is 0. The van der Waals surface area contributed by atoms with Crippen LogP contribution in [0.1, 0.15) is 51.2 Å². The minimum absolute atomic E-state index is 0.0228. The van der Waals surface area contributed by atoms with Gasteiger partial charge in [-0.25, -0.2) is 0 Å². The molecular formula is C33H42Cl2N2O5Si. The molecular weight excluding hydrogens is 603 g/mol. The van der Waals surface area contributed by atoms with Crippen molar-refractivity contribution in [1.82, 2.24) is 4.90 Å². The lowest BCUT2D eigenvalue weighted by atomic mass is 9.58. The van der Waals surface area contributed by atoms with E-state index in [4.69, 9.17) is 32.7 Å². The molecule has 2 aromatic carbocycles. The number of ether oxygens (including phenoxy) is 2. The number of esters is 1. The fourth-order valence-electron chi connectivity index (χ4n) is 6.27. The summed E-state index contributed by atoms with van der Waals surface area (Å²) >= 11 is 13.0. The van der Waals surface area contributed by atoms with Gasteiger partial charge in [0.2, 0.25) is 11.8 Å². The van der Waals surface area contributed by atoms with E-state index < -0.39 is 37.0 Å². The fourth-order valence-corrected chi connectivity index (χ4v) is 7.40. The van der Waals surface area contributed by atoms with Gasteiger partial charge in [0, 0.05) is 37.1 Å². The zero-order valence-corrected chi connectivity index (χ0v) is 28.6.